The second kappa shape index (κ2) is 6.46. The molecule has 5 heteroatoms. The van der Waals surface area contributed by atoms with Crippen LogP contribution in [0.15, 0.2) is 22.5 Å². The number of carbonyl (C=O) groups excluding carboxylic acids is 1. The van der Waals surface area contributed by atoms with E-state index >= 15 is 0 Å². The summed E-state index contributed by atoms with van der Waals surface area (Å²) in [5, 5.41) is 11.5. The minimum atomic E-state index is -0.128. The highest BCUT2D eigenvalue weighted by Crippen LogP contribution is 2.27. The van der Waals surface area contributed by atoms with Crippen LogP contribution in [-0.4, -0.2) is 12.5 Å². The maximum atomic E-state index is 11.6. The monoisotopic (exact) mass is 298 g/mol. The van der Waals surface area contributed by atoms with Gasteiger partial charge in [-0.05, 0) is 34.8 Å². The molecule has 0 aliphatic carbocycles. The zero-order valence-corrected chi connectivity index (χ0v) is 11.0. The van der Waals surface area contributed by atoms with Crippen molar-refractivity contribution in [1.82, 2.24) is 5.32 Å². The zero-order valence-electron chi connectivity index (χ0n) is 8.62. The first kappa shape index (κ1) is 12.9. The molecular weight excluding hydrogens is 288 g/mol. The summed E-state index contributed by atoms with van der Waals surface area (Å²) >= 11 is 4.51. The maximum absolute atomic E-state index is 11.6. The molecule has 1 amide bonds. The summed E-state index contributed by atoms with van der Waals surface area (Å²) in [5.74, 6) is -0.128. The van der Waals surface area contributed by atoms with Crippen molar-refractivity contribution in [2.24, 2.45) is 0 Å². The summed E-state index contributed by atoms with van der Waals surface area (Å²) in [6.07, 6.45) is 3.59. The van der Waals surface area contributed by atoms with Crippen molar-refractivity contribution in [3.05, 3.63) is 32.9 Å². The van der Waals surface area contributed by atoms with Crippen LogP contribution in [0.3, 0.4) is 0 Å². The number of halogens is 1. The standard InChI is InChI=1S/C11H11BrN2OS/c1-2-3-4-5-14-11(15)9-6-8(7-13)10(12)16-9/h2,6H,1,3-5H2,(H,14,15). The van der Waals surface area contributed by atoms with Crippen LogP contribution in [0.2, 0.25) is 0 Å². The molecule has 0 aliphatic heterocycles. The summed E-state index contributed by atoms with van der Waals surface area (Å²) in [5.41, 5.74) is 0.501. The lowest BCUT2D eigenvalue weighted by Gasteiger charge is -2.00. The molecule has 1 N–H and O–H groups in total. The van der Waals surface area contributed by atoms with Gasteiger partial charge in [0.05, 0.1) is 14.2 Å². The molecule has 0 unspecified atom stereocenters. The smallest absolute Gasteiger partial charge is 0.261 e. The van der Waals surface area contributed by atoms with Crippen molar-refractivity contribution in [2.45, 2.75) is 12.8 Å². The van der Waals surface area contributed by atoms with E-state index in [1.54, 1.807) is 6.07 Å². The third-order valence-electron chi connectivity index (χ3n) is 1.90. The first-order valence-electron chi connectivity index (χ1n) is 4.77. The Kier molecular flexibility index (Phi) is 5.23. The van der Waals surface area contributed by atoms with E-state index in [9.17, 15) is 4.79 Å². The average molecular weight is 299 g/mol. The van der Waals surface area contributed by atoms with Gasteiger partial charge in [-0.15, -0.1) is 17.9 Å². The van der Waals surface area contributed by atoms with Crippen molar-refractivity contribution < 1.29 is 4.79 Å². The fourth-order valence-corrected chi connectivity index (χ4v) is 2.57. The van der Waals surface area contributed by atoms with Crippen LogP contribution in [0.25, 0.3) is 0 Å². The fraction of sp³-hybridized carbons (Fsp3) is 0.273. The predicted molar refractivity (Wildman–Crippen MR) is 68.5 cm³/mol. The summed E-state index contributed by atoms with van der Waals surface area (Å²) < 4.78 is 0.700. The molecule has 0 spiro atoms. The number of nitriles is 1. The Morgan fingerprint density at radius 1 is 1.75 bits per heavy atom. The first-order chi connectivity index (χ1) is 7.69. The van der Waals surface area contributed by atoms with Gasteiger partial charge in [-0.3, -0.25) is 4.79 Å². The fourth-order valence-electron chi connectivity index (χ4n) is 1.09. The number of amides is 1. The molecule has 0 radical (unpaired) electrons. The number of rotatable bonds is 5. The van der Waals surface area contributed by atoms with E-state index in [-0.39, 0.29) is 5.91 Å². The molecule has 0 aromatic carbocycles. The van der Waals surface area contributed by atoms with Crippen molar-refractivity contribution >= 4 is 33.2 Å². The Balaban J connectivity index is 2.53. The molecule has 0 aliphatic rings. The SMILES string of the molecule is C=CCCCNC(=O)c1cc(C#N)c(Br)s1. The van der Waals surface area contributed by atoms with E-state index < -0.39 is 0 Å². The molecule has 1 rings (SSSR count). The van der Waals surface area contributed by atoms with Crippen LogP contribution in [0, 0.1) is 11.3 Å². The van der Waals surface area contributed by atoms with Gasteiger partial charge < -0.3 is 5.32 Å². The van der Waals surface area contributed by atoms with Gasteiger partial charge in [-0.2, -0.15) is 5.26 Å². The number of hydrogen-bond donors (Lipinski definition) is 1. The lowest BCUT2D eigenvalue weighted by atomic mass is 10.3. The van der Waals surface area contributed by atoms with Crippen molar-refractivity contribution in [1.29, 1.82) is 5.26 Å². The minimum absolute atomic E-state index is 0.128. The largest absolute Gasteiger partial charge is 0.351 e. The topological polar surface area (TPSA) is 52.9 Å². The molecule has 0 atom stereocenters. The number of hydrogen-bond acceptors (Lipinski definition) is 3. The lowest BCUT2D eigenvalue weighted by Crippen LogP contribution is -2.23. The Hall–Kier alpha value is -1.12. The van der Waals surface area contributed by atoms with E-state index in [4.69, 9.17) is 5.26 Å². The number of nitrogens with one attached hydrogen (secondary N) is 1. The lowest BCUT2D eigenvalue weighted by molar-refractivity contribution is 0.0957. The third-order valence-corrected chi connectivity index (χ3v) is 3.74. The Morgan fingerprint density at radius 3 is 3.06 bits per heavy atom. The summed E-state index contributed by atoms with van der Waals surface area (Å²) in [6, 6.07) is 3.61. The average Bonchev–Trinajstić information content (AvgIpc) is 2.66. The van der Waals surface area contributed by atoms with Crippen LogP contribution in [0.4, 0.5) is 0 Å². The van der Waals surface area contributed by atoms with Crippen LogP contribution in [0.1, 0.15) is 28.1 Å². The van der Waals surface area contributed by atoms with Crippen LogP contribution in [0.5, 0.6) is 0 Å². The number of thiophene rings is 1. The predicted octanol–water partition coefficient (Wildman–Crippen LogP) is 3.08. The number of allylic oxidation sites excluding steroid dienone is 1. The van der Waals surface area contributed by atoms with E-state index in [2.05, 4.69) is 27.8 Å². The van der Waals surface area contributed by atoms with E-state index in [0.717, 1.165) is 12.8 Å². The Bertz CT molecular complexity index is 434. The number of carbonyl (C=O) groups is 1. The number of nitrogens with zero attached hydrogens (tertiary/aromatic N) is 1. The quantitative estimate of drug-likeness (QED) is 0.671. The zero-order chi connectivity index (χ0) is 12.0. The highest BCUT2D eigenvalue weighted by atomic mass is 79.9. The summed E-state index contributed by atoms with van der Waals surface area (Å²) in [6.45, 7) is 4.24. The van der Waals surface area contributed by atoms with E-state index in [0.29, 0.717) is 20.8 Å². The van der Waals surface area contributed by atoms with Gasteiger partial charge in [0.25, 0.3) is 5.91 Å². The van der Waals surface area contributed by atoms with Gasteiger partial charge >= 0.3 is 0 Å². The normalized spacial score (nSPS) is 9.50. The number of unbranched alkanes of at least 4 members (excludes halogenated alkanes) is 1. The minimum Gasteiger partial charge on any atom is -0.351 e. The van der Waals surface area contributed by atoms with Gasteiger partial charge in [0, 0.05) is 6.54 Å². The molecule has 84 valence electrons. The third kappa shape index (κ3) is 3.47. The Labute approximate surface area is 107 Å². The molecule has 16 heavy (non-hydrogen) atoms. The van der Waals surface area contributed by atoms with Crippen LogP contribution < -0.4 is 5.32 Å². The van der Waals surface area contributed by atoms with Gasteiger partial charge in [0.2, 0.25) is 0 Å². The highest BCUT2D eigenvalue weighted by molar-refractivity contribution is 9.11. The maximum Gasteiger partial charge on any atom is 0.261 e. The Morgan fingerprint density at radius 2 is 2.50 bits per heavy atom. The molecular formula is C11H11BrN2OS. The van der Waals surface area contributed by atoms with E-state index in [1.807, 2.05) is 12.1 Å². The summed E-state index contributed by atoms with van der Waals surface area (Å²) in [4.78, 5) is 12.2. The second-order valence-electron chi connectivity index (χ2n) is 3.10. The van der Waals surface area contributed by atoms with Gasteiger partial charge in [-0.1, -0.05) is 6.08 Å². The van der Waals surface area contributed by atoms with Gasteiger partial charge in [0.1, 0.15) is 6.07 Å². The van der Waals surface area contributed by atoms with Crippen molar-refractivity contribution in [3.63, 3.8) is 0 Å². The molecule has 3 nitrogen and oxygen atoms in total. The van der Waals surface area contributed by atoms with Crippen LogP contribution in [-0.2, 0) is 0 Å². The molecule has 0 saturated heterocycles. The van der Waals surface area contributed by atoms with Crippen molar-refractivity contribution in [2.75, 3.05) is 6.54 Å². The van der Waals surface area contributed by atoms with Gasteiger partial charge in [0.15, 0.2) is 0 Å². The molecule has 0 saturated carbocycles. The molecule has 1 aromatic heterocycles. The van der Waals surface area contributed by atoms with Gasteiger partial charge in [-0.25, -0.2) is 0 Å². The highest BCUT2D eigenvalue weighted by Gasteiger charge is 2.12. The van der Waals surface area contributed by atoms with E-state index in [1.165, 1.54) is 11.3 Å². The molecule has 0 fully saturated rings. The van der Waals surface area contributed by atoms with Crippen molar-refractivity contribution in [3.8, 4) is 6.07 Å². The second-order valence-corrected chi connectivity index (χ2v) is 5.47. The van der Waals surface area contributed by atoms with Crippen LogP contribution >= 0.6 is 27.3 Å². The first-order valence-corrected chi connectivity index (χ1v) is 6.38. The molecule has 1 aromatic rings. The molecule has 0 bridgehead atoms. The molecule has 1 heterocycles. The summed E-state index contributed by atoms with van der Waals surface area (Å²) in [7, 11) is 0.